The second-order valence-electron chi connectivity index (χ2n) is 4.51. The molecule has 1 aromatic carbocycles. The minimum Gasteiger partial charge on any atom is -0.394 e. The number of aliphatic hydroxyl groups excluding tert-OH is 1. The van der Waals surface area contributed by atoms with Crippen LogP contribution >= 0.6 is 28.3 Å². The molecule has 1 fully saturated rings. The van der Waals surface area contributed by atoms with Crippen LogP contribution in [0.15, 0.2) is 28.7 Å². The Hall–Kier alpha value is -0.0900. The van der Waals surface area contributed by atoms with E-state index in [0.29, 0.717) is 5.92 Å². The molecule has 4 heteroatoms. The summed E-state index contributed by atoms with van der Waals surface area (Å²) in [7, 11) is 0. The van der Waals surface area contributed by atoms with E-state index in [-0.39, 0.29) is 24.6 Å². The molecule has 0 unspecified atom stereocenters. The van der Waals surface area contributed by atoms with E-state index >= 15 is 0 Å². The van der Waals surface area contributed by atoms with Crippen molar-refractivity contribution in [1.82, 2.24) is 0 Å². The Balaban J connectivity index is 0.00000128. The van der Waals surface area contributed by atoms with E-state index in [4.69, 9.17) is 5.73 Å². The highest BCUT2D eigenvalue weighted by atomic mass is 79.9. The van der Waals surface area contributed by atoms with Crippen LogP contribution in [0.2, 0.25) is 0 Å². The molecule has 0 bridgehead atoms. The Morgan fingerprint density at radius 3 is 2.50 bits per heavy atom. The second-order valence-corrected chi connectivity index (χ2v) is 5.43. The molecule has 0 aromatic heterocycles. The number of nitrogens with two attached hydrogens (primary N) is 1. The maximum absolute atomic E-state index is 9.20. The van der Waals surface area contributed by atoms with Crippen molar-refractivity contribution >= 4 is 28.3 Å². The summed E-state index contributed by atoms with van der Waals surface area (Å²) in [5.41, 5.74) is 7.04. The van der Waals surface area contributed by atoms with Gasteiger partial charge in [-0.3, -0.25) is 0 Å². The highest BCUT2D eigenvalue weighted by Gasteiger charge is 2.35. The second kappa shape index (κ2) is 5.50. The van der Waals surface area contributed by atoms with Gasteiger partial charge < -0.3 is 10.8 Å². The maximum Gasteiger partial charge on any atom is 0.0611 e. The van der Waals surface area contributed by atoms with Crippen molar-refractivity contribution < 1.29 is 5.11 Å². The molecule has 0 aliphatic heterocycles. The van der Waals surface area contributed by atoms with Crippen molar-refractivity contribution in [2.24, 2.45) is 5.73 Å². The van der Waals surface area contributed by atoms with Gasteiger partial charge in [0.1, 0.15) is 0 Å². The lowest BCUT2D eigenvalue weighted by molar-refractivity contribution is 0.198. The summed E-state index contributed by atoms with van der Waals surface area (Å²) in [5, 5.41) is 9.20. The number of aliphatic hydroxyl groups is 1. The van der Waals surface area contributed by atoms with Crippen LogP contribution in [-0.2, 0) is 0 Å². The van der Waals surface area contributed by atoms with E-state index in [1.165, 1.54) is 5.56 Å². The molecule has 90 valence electrons. The molecule has 0 amide bonds. The van der Waals surface area contributed by atoms with Gasteiger partial charge in [-0.05, 0) is 42.9 Å². The summed E-state index contributed by atoms with van der Waals surface area (Å²) >= 11 is 3.43. The molecule has 2 atom stereocenters. The smallest absolute Gasteiger partial charge is 0.0611 e. The third kappa shape index (κ3) is 2.98. The zero-order valence-corrected chi connectivity index (χ0v) is 11.4. The minimum absolute atomic E-state index is 0. The molecule has 2 nitrogen and oxygen atoms in total. The van der Waals surface area contributed by atoms with Gasteiger partial charge >= 0.3 is 0 Å². The van der Waals surface area contributed by atoms with Crippen molar-refractivity contribution in [1.29, 1.82) is 0 Å². The zero-order chi connectivity index (χ0) is 10.9. The Kier molecular flexibility index (Phi) is 4.80. The van der Waals surface area contributed by atoms with Gasteiger partial charge in [0.2, 0.25) is 0 Å². The monoisotopic (exact) mass is 305 g/mol. The number of hydrogen-bond acceptors (Lipinski definition) is 2. The first-order valence-electron chi connectivity index (χ1n) is 5.28. The van der Waals surface area contributed by atoms with Crippen LogP contribution in [0.4, 0.5) is 0 Å². The van der Waals surface area contributed by atoms with Gasteiger partial charge in [-0.2, -0.15) is 0 Å². The topological polar surface area (TPSA) is 46.2 Å². The van der Waals surface area contributed by atoms with Crippen molar-refractivity contribution in [3.8, 4) is 0 Å². The van der Waals surface area contributed by atoms with Gasteiger partial charge in [0, 0.05) is 10.0 Å². The van der Waals surface area contributed by atoms with Gasteiger partial charge in [-0.1, -0.05) is 28.1 Å². The highest BCUT2D eigenvalue weighted by Crippen LogP contribution is 2.39. The summed E-state index contributed by atoms with van der Waals surface area (Å²) < 4.78 is 1.10. The van der Waals surface area contributed by atoms with E-state index in [1.54, 1.807) is 0 Å². The first-order chi connectivity index (χ1) is 7.13. The average molecular weight is 307 g/mol. The fraction of sp³-hybridized carbons (Fsp3) is 0.500. The molecule has 0 saturated heterocycles. The predicted molar refractivity (Wildman–Crippen MR) is 72.0 cm³/mol. The Bertz CT molecular complexity index is 343. The summed E-state index contributed by atoms with van der Waals surface area (Å²) in [6, 6.07) is 8.39. The molecule has 16 heavy (non-hydrogen) atoms. The standard InChI is InChI=1S/C12H16BrNO.ClH/c13-11-3-1-9(2-4-11)10-5-6-12(14,7-10)8-15;/h1-4,10,15H,5-8,14H2;1H/t10-,12-;/m0./s1. The van der Waals surface area contributed by atoms with Crippen molar-refractivity contribution in [2.45, 2.75) is 30.7 Å². The fourth-order valence-corrected chi connectivity index (χ4v) is 2.58. The van der Waals surface area contributed by atoms with E-state index in [2.05, 4.69) is 40.2 Å². The van der Waals surface area contributed by atoms with Crippen LogP contribution in [-0.4, -0.2) is 17.3 Å². The summed E-state index contributed by atoms with van der Waals surface area (Å²) in [4.78, 5) is 0. The third-order valence-electron chi connectivity index (χ3n) is 3.30. The van der Waals surface area contributed by atoms with Crippen LogP contribution in [0.25, 0.3) is 0 Å². The molecule has 0 heterocycles. The lowest BCUT2D eigenvalue weighted by atomic mass is 9.94. The number of rotatable bonds is 2. The van der Waals surface area contributed by atoms with Crippen LogP contribution in [0, 0.1) is 0 Å². The summed E-state index contributed by atoms with van der Waals surface area (Å²) in [6.45, 7) is 0.0973. The number of benzene rings is 1. The molecule has 1 saturated carbocycles. The number of hydrogen-bond donors (Lipinski definition) is 2. The van der Waals surface area contributed by atoms with E-state index in [9.17, 15) is 5.11 Å². The van der Waals surface area contributed by atoms with E-state index in [1.807, 2.05) is 0 Å². The van der Waals surface area contributed by atoms with E-state index in [0.717, 1.165) is 23.7 Å². The van der Waals surface area contributed by atoms with Crippen LogP contribution in [0.1, 0.15) is 30.7 Å². The molecule has 3 N–H and O–H groups in total. The molecular weight excluding hydrogens is 289 g/mol. The molecule has 0 spiro atoms. The van der Waals surface area contributed by atoms with Gasteiger partial charge in [-0.15, -0.1) is 12.4 Å². The molecule has 1 aliphatic carbocycles. The number of halogens is 2. The highest BCUT2D eigenvalue weighted by molar-refractivity contribution is 9.10. The molecule has 1 aliphatic rings. The molecule has 1 aromatic rings. The summed E-state index contributed by atoms with van der Waals surface area (Å²) in [5.74, 6) is 0.509. The zero-order valence-electron chi connectivity index (χ0n) is 9.03. The van der Waals surface area contributed by atoms with Crippen molar-refractivity contribution in [3.05, 3.63) is 34.3 Å². The van der Waals surface area contributed by atoms with Gasteiger partial charge in [0.05, 0.1) is 6.61 Å². The Labute approximate surface area is 111 Å². The van der Waals surface area contributed by atoms with Crippen LogP contribution < -0.4 is 5.73 Å². The van der Waals surface area contributed by atoms with Gasteiger partial charge in [-0.25, -0.2) is 0 Å². The van der Waals surface area contributed by atoms with Crippen LogP contribution in [0.3, 0.4) is 0 Å². The largest absolute Gasteiger partial charge is 0.394 e. The van der Waals surface area contributed by atoms with Gasteiger partial charge in [0.25, 0.3) is 0 Å². The third-order valence-corrected chi connectivity index (χ3v) is 3.83. The predicted octanol–water partition coefficient (Wildman–Crippen LogP) is 2.83. The maximum atomic E-state index is 9.20. The van der Waals surface area contributed by atoms with E-state index < -0.39 is 0 Å². The molecule has 0 radical (unpaired) electrons. The Morgan fingerprint density at radius 1 is 1.38 bits per heavy atom. The lowest BCUT2D eigenvalue weighted by Gasteiger charge is -2.20. The Morgan fingerprint density at radius 2 is 2.00 bits per heavy atom. The SMILES string of the molecule is Cl.N[C@@]1(CO)CC[C@H](c2ccc(Br)cc2)C1. The fourth-order valence-electron chi connectivity index (χ4n) is 2.32. The molecular formula is C12H17BrClNO. The van der Waals surface area contributed by atoms with Crippen LogP contribution in [0.5, 0.6) is 0 Å². The molecule has 2 rings (SSSR count). The minimum atomic E-state index is -0.349. The lowest BCUT2D eigenvalue weighted by Crippen LogP contribution is -2.40. The summed E-state index contributed by atoms with van der Waals surface area (Å²) in [6.07, 6.45) is 2.90. The average Bonchev–Trinajstić information content (AvgIpc) is 2.63. The first kappa shape index (κ1) is 14.0. The first-order valence-corrected chi connectivity index (χ1v) is 6.07. The normalized spacial score (nSPS) is 28.8. The van der Waals surface area contributed by atoms with Crippen molar-refractivity contribution in [2.75, 3.05) is 6.61 Å². The van der Waals surface area contributed by atoms with Gasteiger partial charge in [0.15, 0.2) is 0 Å². The van der Waals surface area contributed by atoms with Crippen molar-refractivity contribution in [3.63, 3.8) is 0 Å². The quantitative estimate of drug-likeness (QED) is 0.882.